The van der Waals surface area contributed by atoms with E-state index in [0.29, 0.717) is 10.5 Å². The Morgan fingerprint density at radius 1 is 1.33 bits per heavy atom. The van der Waals surface area contributed by atoms with Gasteiger partial charge in [-0.1, -0.05) is 6.92 Å². The van der Waals surface area contributed by atoms with Crippen LogP contribution < -0.4 is 0 Å². The Labute approximate surface area is 77.8 Å². The molecule has 0 spiro atoms. The largest absolute Gasteiger partial charge is 0.301 e. The fourth-order valence-corrected chi connectivity index (χ4v) is 3.35. The van der Waals surface area contributed by atoms with Gasteiger partial charge in [0.2, 0.25) is 0 Å². The van der Waals surface area contributed by atoms with Crippen molar-refractivity contribution in [2.45, 2.75) is 37.7 Å². The summed E-state index contributed by atoms with van der Waals surface area (Å²) in [6.45, 7) is 9.57. The molecule has 0 aromatic carbocycles. The summed E-state index contributed by atoms with van der Waals surface area (Å²) in [6, 6.07) is 0. The lowest BCUT2D eigenvalue weighted by Crippen LogP contribution is -2.47. The SMILES string of the molecule is CCCN1CC(C)S(=O)C(C)C1. The van der Waals surface area contributed by atoms with Crippen molar-refractivity contribution >= 4 is 10.8 Å². The summed E-state index contributed by atoms with van der Waals surface area (Å²) in [5.74, 6) is 0. The highest BCUT2D eigenvalue weighted by atomic mass is 32.2. The Hall–Kier alpha value is 0.110. The predicted molar refractivity (Wildman–Crippen MR) is 53.8 cm³/mol. The van der Waals surface area contributed by atoms with Crippen LogP contribution in [0.5, 0.6) is 0 Å². The number of hydrogen-bond donors (Lipinski definition) is 0. The molecule has 1 aliphatic heterocycles. The smallest absolute Gasteiger partial charge is 0.0450 e. The maximum Gasteiger partial charge on any atom is 0.0450 e. The summed E-state index contributed by atoms with van der Waals surface area (Å²) in [6.07, 6.45) is 1.20. The van der Waals surface area contributed by atoms with Crippen molar-refractivity contribution < 1.29 is 4.21 Å². The average Bonchev–Trinajstić information content (AvgIpc) is 2.01. The van der Waals surface area contributed by atoms with Gasteiger partial charge in [0.15, 0.2) is 0 Å². The zero-order valence-electron chi connectivity index (χ0n) is 8.25. The minimum atomic E-state index is -0.596. The van der Waals surface area contributed by atoms with Crippen LogP contribution in [0.15, 0.2) is 0 Å². The molecule has 1 fully saturated rings. The Morgan fingerprint density at radius 2 is 1.83 bits per heavy atom. The zero-order chi connectivity index (χ0) is 9.14. The van der Waals surface area contributed by atoms with Gasteiger partial charge >= 0.3 is 0 Å². The van der Waals surface area contributed by atoms with E-state index in [1.54, 1.807) is 0 Å². The van der Waals surface area contributed by atoms with E-state index < -0.39 is 10.8 Å². The molecule has 2 atom stereocenters. The second kappa shape index (κ2) is 4.38. The van der Waals surface area contributed by atoms with Crippen molar-refractivity contribution in [2.75, 3.05) is 19.6 Å². The topological polar surface area (TPSA) is 20.3 Å². The Kier molecular flexibility index (Phi) is 3.72. The monoisotopic (exact) mass is 189 g/mol. The van der Waals surface area contributed by atoms with Gasteiger partial charge in [0.1, 0.15) is 0 Å². The van der Waals surface area contributed by atoms with E-state index in [9.17, 15) is 4.21 Å². The summed E-state index contributed by atoms with van der Waals surface area (Å²) in [7, 11) is -0.596. The summed E-state index contributed by atoms with van der Waals surface area (Å²) in [5, 5.41) is 0.723. The van der Waals surface area contributed by atoms with Crippen LogP contribution in [0.25, 0.3) is 0 Å². The average molecular weight is 189 g/mol. The van der Waals surface area contributed by atoms with Gasteiger partial charge in [-0.3, -0.25) is 4.21 Å². The third kappa shape index (κ3) is 2.30. The second-order valence-corrected chi connectivity index (χ2v) is 5.98. The van der Waals surface area contributed by atoms with Crippen LogP contribution in [0.1, 0.15) is 27.2 Å². The molecular formula is C9H19NOS. The highest BCUT2D eigenvalue weighted by Gasteiger charge is 2.27. The molecule has 72 valence electrons. The van der Waals surface area contributed by atoms with Crippen molar-refractivity contribution in [1.29, 1.82) is 0 Å². The lowest BCUT2D eigenvalue weighted by Gasteiger charge is -2.34. The van der Waals surface area contributed by atoms with E-state index in [0.717, 1.165) is 19.6 Å². The molecule has 2 nitrogen and oxygen atoms in total. The number of nitrogens with zero attached hydrogens (tertiary/aromatic N) is 1. The fourth-order valence-electron chi connectivity index (χ4n) is 1.84. The molecule has 0 aliphatic carbocycles. The Balaban J connectivity index is 2.47. The van der Waals surface area contributed by atoms with E-state index in [1.165, 1.54) is 6.42 Å². The van der Waals surface area contributed by atoms with Gasteiger partial charge in [-0.2, -0.15) is 0 Å². The lowest BCUT2D eigenvalue weighted by molar-refractivity contribution is 0.267. The van der Waals surface area contributed by atoms with E-state index >= 15 is 0 Å². The van der Waals surface area contributed by atoms with Crippen molar-refractivity contribution in [3.8, 4) is 0 Å². The first-order valence-electron chi connectivity index (χ1n) is 4.77. The molecule has 0 radical (unpaired) electrons. The molecule has 1 rings (SSSR count). The molecule has 1 aliphatic rings. The first kappa shape index (κ1) is 10.2. The Bertz CT molecular complexity index is 158. The summed E-state index contributed by atoms with van der Waals surface area (Å²) in [5.41, 5.74) is 0. The lowest BCUT2D eigenvalue weighted by atomic mass is 10.3. The van der Waals surface area contributed by atoms with Crippen LogP contribution in [-0.4, -0.2) is 39.2 Å². The minimum Gasteiger partial charge on any atom is -0.301 e. The predicted octanol–water partition coefficient (Wildman–Crippen LogP) is 1.24. The Morgan fingerprint density at radius 3 is 2.25 bits per heavy atom. The molecule has 0 aromatic heterocycles. The van der Waals surface area contributed by atoms with Crippen LogP contribution in [0.4, 0.5) is 0 Å². The maximum absolute atomic E-state index is 11.6. The summed E-state index contributed by atoms with van der Waals surface area (Å²) < 4.78 is 11.6. The van der Waals surface area contributed by atoms with Crippen LogP contribution in [0.2, 0.25) is 0 Å². The normalized spacial score (nSPS) is 38.4. The van der Waals surface area contributed by atoms with Gasteiger partial charge in [-0.25, -0.2) is 0 Å². The van der Waals surface area contributed by atoms with Crippen LogP contribution in [0, 0.1) is 0 Å². The molecule has 2 unspecified atom stereocenters. The van der Waals surface area contributed by atoms with Crippen molar-refractivity contribution in [3.63, 3.8) is 0 Å². The van der Waals surface area contributed by atoms with Crippen molar-refractivity contribution in [1.82, 2.24) is 4.90 Å². The van der Waals surface area contributed by atoms with Gasteiger partial charge in [0.25, 0.3) is 0 Å². The molecule has 1 heterocycles. The highest BCUT2D eigenvalue weighted by molar-refractivity contribution is 7.86. The first-order chi connectivity index (χ1) is 5.65. The fraction of sp³-hybridized carbons (Fsp3) is 1.00. The number of hydrogen-bond acceptors (Lipinski definition) is 2. The van der Waals surface area contributed by atoms with Crippen molar-refractivity contribution in [2.24, 2.45) is 0 Å². The van der Waals surface area contributed by atoms with E-state index in [4.69, 9.17) is 0 Å². The summed E-state index contributed by atoms with van der Waals surface area (Å²) >= 11 is 0. The van der Waals surface area contributed by atoms with Gasteiger partial charge in [0, 0.05) is 34.4 Å². The molecule has 0 amide bonds. The molecule has 0 N–H and O–H groups in total. The molecule has 1 saturated heterocycles. The third-order valence-corrected chi connectivity index (χ3v) is 4.25. The molecule has 3 heteroatoms. The molecule has 0 bridgehead atoms. The number of rotatable bonds is 2. The minimum absolute atomic E-state index is 0.361. The van der Waals surface area contributed by atoms with Gasteiger partial charge in [-0.15, -0.1) is 0 Å². The van der Waals surface area contributed by atoms with Crippen molar-refractivity contribution in [3.05, 3.63) is 0 Å². The van der Waals surface area contributed by atoms with Gasteiger partial charge < -0.3 is 4.90 Å². The van der Waals surface area contributed by atoms with E-state index in [1.807, 2.05) is 0 Å². The molecule has 0 saturated carbocycles. The van der Waals surface area contributed by atoms with Gasteiger partial charge in [0.05, 0.1) is 0 Å². The quantitative estimate of drug-likeness (QED) is 0.651. The maximum atomic E-state index is 11.6. The standard InChI is InChI=1S/C9H19NOS/c1-4-5-10-6-8(2)12(11)9(3)7-10/h8-9H,4-7H2,1-3H3. The molecular weight excluding hydrogens is 170 g/mol. The van der Waals surface area contributed by atoms with E-state index in [-0.39, 0.29) is 0 Å². The van der Waals surface area contributed by atoms with Gasteiger partial charge in [-0.05, 0) is 26.8 Å². The highest BCUT2D eigenvalue weighted by Crippen LogP contribution is 2.14. The first-order valence-corrected chi connectivity index (χ1v) is 6.04. The summed E-state index contributed by atoms with van der Waals surface area (Å²) in [4.78, 5) is 2.43. The molecule has 12 heavy (non-hydrogen) atoms. The van der Waals surface area contributed by atoms with Crippen LogP contribution >= 0.6 is 0 Å². The van der Waals surface area contributed by atoms with Crippen LogP contribution in [-0.2, 0) is 10.8 Å². The molecule has 0 aromatic rings. The zero-order valence-corrected chi connectivity index (χ0v) is 9.06. The second-order valence-electron chi connectivity index (χ2n) is 3.71. The van der Waals surface area contributed by atoms with E-state index in [2.05, 4.69) is 25.7 Å². The third-order valence-electron chi connectivity index (χ3n) is 2.36. The van der Waals surface area contributed by atoms with Crippen LogP contribution in [0.3, 0.4) is 0 Å².